The van der Waals surface area contributed by atoms with E-state index < -0.39 is 11.6 Å². The van der Waals surface area contributed by atoms with Crippen LogP contribution in [0.15, 0.2) is 30.3 Å². The molecule has 30 heavy (non-hydrogen) atoms. The molecule has 1 aromatic heterocycles. The number of nitrogens with zero attached hydrogens (tertiary/aromatic N) is 2. The Labute approximate surface area is 189 Å². The van der Waals surface area contributed by atoms with Crippen LogP contribution in [0.3, 0.4) is 0 Å². The van der Waals surface area contributed by atoms with E-state index in [-0.39, 0.29) is 17.7 Å². The molecule has 0 saturated heterocycles. The number of nitrogens with one attached hydrogen (secondary N) is 1. The number of aromatic nitrogens is 1. The molecule has 8 heteroatoms. The van der Waals surface area contributed by atoms with Gasteiger partial charge in [0.15, 0.2) is 5.78 Å². The molecule has 0 radical (unpaired) electrons. The smallest absolute Gasteiger partial charge is 0.407 e. The van der Waals surface area contributed by atoms with Crippen molar-refractivity contribution in [3.8, 4) is 11.1 Å². The van der Waals surface area contributed by atoms with E-state index in [0.717, 1.165) is 14.8 Å². The second-order valence-corrected chi connectivity index (χ2v) is 9.52. The fourth-order valence-electron chi connectivity index (χ4n) is 3.76. The molecule has 0 saturated carbocycles. The molecule has 1 atom stereocenters. The number of ketones is 1. The van der Waals surface area contributed by atoms with Crippen molar-refractivity contribution in [2.24, 2.45) is 0 Å². The maximum Gasteiger partial charge on any atom is 0.407 e. The summed E-state index contributed by atoms with van der Waals surface area (Å²) in [6, 6.07) is 9.17. The molecule has 0 bridgehead atoms. The third-order valence-electron chi connectivity index (χ3n) is 5.38. The summed E-state index contributed by atoms with van der Waals surface area (Å²) >= 11 is 2.23. The minimum absolute atomic E-state index is 0.0117. The fraction of sp³-hybridized carbons (Fsp3) is 0.409. The minimum atomic E-state index is -0.952. The zero-order chi connectivity index (χ0) is 22.2. The topological polar surface area (TPSA) is 91.6 Å². The van der Waals surface area contributed by atoms with Gasteiger partial charge < -0.3 is 19.9 Å². The van der Waals surface area contributed by atoms with E-state index in [1.54, 1.807) is 6.07 Å². The Bertz CT molecular complexity index is 1010. The van der Waals surface area contributed by atoms with Crippen molar-refractivity contribution < 1.29 is 19.5 Å². The average molecular weight is 523 g/mol. The molecule has 1 aromatic carbocycles. The first-order chi connectivity index (χ1) is 14.0. The number of benzene rings is 1. The molecular formula is C22H26IN3O4. The largest absolute Gasteiger partial charge is 0.465 e. The first-order valence-corrected chi connectivity index (χ1v) is 10.9. The number of fused-ring (bicyclic) bond motifs is 1. The van der Waals surface area contributed by atoms with Crippen molar-refractivity contribution in [1.29, 1.82) is 0 Å². The third kappa shape index (κ3) is 4.38. The first-order valence-electron chi connectivity index (χ1n) is 9.81. The quantitative estimate of drug-likeness (QED) is 0.449. The Morgan fingerprint density at radius 1 is 1.30 bits per heavy atom. The zero-order valence-electron chi connectivity index (χ0n) is 17.5. The number of carbonyl (C=O) groups excluding carboxylic acids is 2. The molecule has 1 unspecified atom stereocenters. The highest BCUT2D eigenvalue weighted by atomic mass is 127. The van der Waals surface area contributed by atoms with Gasteiger partial charge in [0.05, 0.1) is 9.74 Å². The van der Waals surface area contributed by atoms with Gasteiger partial charge in [-0.05, 0) is 74.4 Å². The van der Waals surface area contributed by atoms with E-state index >= 15 is 0 Å². The van der Waals surface area contributed by atoms with Crippen LogP contribution in [0, 0.1) is 3.70 Å². The summed E-state index contributed by atoms with van der Waals surface area (Å²) < 4.78 is 2.90. The first kappa shape index (κ1) is 22.3. The minimum Gasteiger partial charge on any atom is -0.465 e. The monoisotopic (exact) mass is 523 g/mol. The second kappa shape index (κ2) is 8.41. The van der Waals surface area contributed by atoms with E-state index in [2.05, 4.69) is 27.9 Å². The summed E-state index contributed by atoms with van der Waals surface area (Å²) in [5.74, 6) is -0.161. The van der Waals surface area contributed by atoms with Crippen LogP contribution in [0.1, 0.15) is 61.0 Å². The molecule has 2 amide bonds. The highest BCUT2D eigenvalue weighted by molar-refractivity contribution is 14.1. The Morgan fingerprint density at radius 3 is 2.60 bits per heavy atom. The number of rotatable bonds is 5. The maximum atomic E-state index is 12.5. The molecule has 0 spiro atoms. The molecule has 7 nitrogen and oxygen atoms in total. The number of Topliss-reactive ketones (excluding diaryl/α,β-unsaturated/α-hetero) is 1. The van der Waals surface area contributed by atoms with Gasteiger partial charge in [0, 0.05) is 29.8 Å². The van der Waals surface area contributed by atoms with E-state index in [1.807, 2.05) is 49.6 Å². The van der Waals surface area contributed by atoms with Gasteiger partial charge in [-0.1, -0.05) is 18.2 Å². The molecule has 2 N–H and O–H groups in total. The lowest BCUT2D eigenvalue weighted by atomic mass is 10.0. The van der Waals surface area contributed by atoms with Crippen molar-refractivity contribution in [3.63, 3.8) is 0 Å². The summed E-state index contributed by atoms with van der Waals surface area (Å²) in [5.41, 5.74) is 2.44. The second-order valence-electron chi connectivity index (χ2n) is 8.50. The van der Waals surface area contributed by atoms with Crippen molar-refractivity contribution in [1.82, 2.24) is 14.8 Å². The van der Waals surface area contributed by atoms with Crippen molar-refractivity contribution in [2.45, 2.75) is 45.7 Å². The number of carboxylic acid groups (broad SMARTS) is 1. The molecule has 2 heterocycles. The summed E-state index contributed by atoms with van der Waals surface area (Å²) in [7, 11) is 0. The summed E-state index contributed by atoms with van der Waals surface area (Å²) in [4.78, 5) is 37.4. The van der Waals surface area contributed by atoms with Gasteiger partial charge in [0.25, 0.3) is 5.91 Å². The van der Waals surface area contributed by atoms with Gasteiger partial charge >= 0.3 is 6.09 Å². The van der Waals surface area contributed by atoms with Gasteiger partial charge in [-0.3, -0.25) is 9.59 Å². The van der Waals surface area contributed by atoms with Gasteiger partial charge in [-0.25, -0.2) is 4.79 Å². The number of carbonyl (C=O) groups is 3. The Kier molecular flexibility index (Phi) is 6.26. The number of halogens is 1. The van der Waals surface area contributed by atoms with Crippen LogP contribution >= 0.6 is 22.6 Å². The van der Waals surface area contributed by atoms with Crippen LogP contribution in [0.5, 0.6) is 0 Å². The van der Waals surface area contributed by atoms with Crippen molar-refractivity contribution >= 4 is 40.4 Å². The van der Waals surface area contributed by atoms with Gasteiger partial charge in [-0.2, -0.15) is 0 Å². The lowest BCUT2D eigenvalue weighted by Crippen LogP contribution is -2.47. The van der Waals surface area contributed by atoms with E-state index in [0.29, 0.717) is 30.8 Å². The summed E-state index contributed by atoms with van der Waals surface area (Å²) in [5, 5.41) is 12.5. The summed E-state index contributed by atoms with van der Waals surface area (Å²) in [6.07, 6.45) is -0.374. The Balaban J connectivity index is 1.96. The molecular weight excluding hydrogens is 497 g/mol. The van der Waals surface area contributed by atoms with E-state index in [9.17, 15) is 19.5 Å². The standard InChI is InChI=1S/C22H26IN3O4/c1-13(27)14-6-5-7-15(10-14)17-11-18-20(28)24-12-16(26(18)19(17)23)8-9-25(21(29)30)22(2,3)4/h5-7,10-11,16H,8-9,12H2,1-4H3,(H,24,28)(H,29,30). The number of amides is 2. The SMILES string of the molecule is CC(=O)c1cccc(-c2cc3n(c2I)C(CCN(C(=O)O)C(C)(C)C)CNC3=O)c1. The Morgan fingerprint density at radius 2 is 2.00 bits per heavy atom. The normalized spacial score (nSPS) is 16.0. The van der Waals surface area contributed by atoms with Crippen molar-refractivity contribution in [2.75, 3.05) is 13.1 Å². The zero-order valence-corrected chi connectivity index (χ0v) is 19.7. The van der Waals surface area contributed by atoms with E-state index in [1.165, 1.54) is 11.8 Å². The molecule has 160 valence electrons. The fourth-order valence-corrected chi connectivity index (χ4v) is 4.88. The predicted molar refractivity (Wildman–Crippen MR) is 123 cm³/mol. The van der Waals surface area contributed by atoms with Crippen LogP contribution in [-0.2, 0) is 0 Å². The molecule has 3 rings (SSSR count). The van der Waals surface area contributed by atoms with Crippen LogP contribution < -0.4 is 5.32 Å². The predicted octanol–water partition coefficient (Wildman–Crippen LogP) is 4.42. The number of hydrogen-bond acceptors (Lipinski definition) is 3. The molecule has 0 aliphatic carbocycles. The maximum absolute atomic E-state index is 12.5. The molecule has 1 aliphatic rings. The van der Waals surface area contributed by atoms with Crippen LogP contribution in [0.4, 0.5) is 4.79 Å². The lowest BCUT2D eigenvalue weighted by molar-refractivity contribution is 0.0865. The summed E-state index contributed by atoms with van der Waals surface area (Å²) in [6.45, 7) is 7.95. The highest BCUT2D eigenvalue weighted by Gasteiger charge is 2.32. The van der Waals surface area contributed by atoms with Gasteiger partial charge in [-0.15, -0.1) is 0 Å². The molecule has 0 fully saturated rings. The highest BCUT2D eigenvalue weighted by Crippen LogP contribution is 2.34. The van der Waals surface area contributed by atoms with Crippen molar-refractivity contribution in [3.05, 3.63) is 45.3 Å². The molecule has 1 aliphatic heterocycles. The van der Waals surface area contributed by atoms with E-state index in [4.69, 9.17) is 0 Å². The van der Waals surface area contributed by atoms with Crippen LogP contribution in [-0.4, -0.2) is 51.0 Å². The Hall–Kier alpha value is -2.36. The van der Waals surface area contributed by atoms with Crippen LogP contribution in [0.2, 0.25) is 0 Å². The average Bonchev–Trinajstić information content (AvgIpc) is 3.01. The molecule has 2 aromatic rings. The van der Waals surface area contributed by atoms with Crippen LogP contribution in [0.25, 0.3) is 11.1 Å². The lowest BCUT2D eigenvalue weighted by Gasteiger charge is -2.35. The number of hydrogen-bond donors (Lipinski definition) is 2. The van der Waals surface area contributed by atoms with Gasteiger partial charge in [0.1, 0.15) is 5.69 Å². The van der Waals surface area contributed by atoms with Gasteiger partial charge in [0.2, 0.25) is 0 Å². The third-order valence-corrected chi connectivity index (χ3v) is 6.48.